The number of nitrogens with one attached hydrogen (secondary N) is 2. The summed E-state index contributed by atoms with van der Waals surface area (Å²) in [4.78, 5) is 52.5. The highest BCUT2D eigenvalue weighted by atomic mass is 32.2. The first-order valence-electron chi connectivity index (χ1n) is 13.8. The van der Waals surface area contributed by atoms with Gasteiger partial charge in [0.15, 0.2) is 29.5 Å². The predicted molar refractivity (Wildman–Crippen MR) is 167 cm³/mol. The first-order valence-corrected chi connectivity index (χ1v) is 15.4. The van der Waals surface area contributed by atoms with Crippen LogP contribution in [0.2, 0.25) is 0 Å². The number of benzene rings is 1. The van der Waals surface area contributed by atoms with Crippen molar-refractivity contribution in [1.82, 2.24) is 20.7 Å². The summed E-state index contributed by atoms with van der Waals surface area (Å²) in [6.07, 6.45) is -0.0107. The third-order valence-corrected chi connectivity index (χ3v) is 8.42. The van der Waals surface area contributed by atoms with Crippen LogP contribution >= 0.6 is 23.7 Å². The number of aryl methyl sites for hydroxylation is 1. The first kappa shape index (κ1) is 34.1. The molecule has 0 saturated carbocycles. The number of thiazole rings is 1. The standard InChI is InChI=1S/C27H36N8O8S2/c1-26(2)21(24(39)35(26)43-45-40)33-23(38)20(17-12-44-25(29)32-17)34-42-27(3,13-36)19-8-6-14-9-15(5-7-18(14)41-19)22(30-4)31-11-16(37)10-28/h5,7,9,12-13,16,19,21,37,40H,6,8,10-11,28H2,1-4H3,(H2,29,32)(H,30,31)(H,33,38)/b34-20-. The molecule has 3 heterocycles. The lowest BCUT2D eigenvalue weighted by Gasteiger charge is -2.50. The van der Waals surface area contributed by atoms with Crippen molar-refractivity contribution in [3.05, 3.63) is 40.4 Å². The van der Waals surface area contributed by atoms with Gasteiger partial charge in [0, 0.05) is 31.1 Å². The number of carbonyl (C=O) groups excluding carboxylic acids is 3. The quantitative estimate of drug-likeness (QED) is 0.0421. The second-order valence-electron chi connectivity index (χ2n) is 11.1. The molecule has 8 N–H and O–H groups in total. The van der Waals surface area contributed by atoms with E-state index in [0.29, 0.717) is 30.7 Å². The number of hydrogen-bond donors (Lipinski definition) is 6. The van der Waals surface area contributed by atoms with Gasteiger partial charge in [-0.15, -0.1) is 11.3 Å². The summed E-state index contributed by atoms with van der Waals surface area (Å²) in [7, 11) is 1.63. The van der Waals surface area contributed by atoms with Crippen LogP contribution in [0.4, 0.5) is 5.13 Å². The molecule has 2 aliphatic heterocycles. The monoisotopic (exact) mass is 664 g/mol. The maximum absolute atomic E-state index is 13.4. The van der Waals surface area contributed by atoms with E-state index >= 15 is 0 Å². The number of aliphatic imine (C=N–C) groups is 1. The molecule has 0 bridgehead atoms. The molecule has 4 unspecified atom stereocenters. The van der Waals surface area contributed by atoms with Crippen LogP contribution in [0.1, 0.15) is 44.0 Å². The molecule has 18 heteroatoms. The van der Waals surface area contributed by atoms with Crippen LogP contribution in [0, 0.1) is 0 Å². The molecule has 2 aliphatic rings. The third-order valence-electron chi connectivity index (χ3n) is 7.53. The lowest BCUT2D eigenvalue weighted by Crippen LogP contribution is -2.76. The Morgan fingerprint density at radius 3 is 2.80 bits per heavy atom. The van der Waals surface area contributed by atoms with E-state index in [2.05, 4.69) is 25.8 Å². The number of aromatic nitrogens is 1. The van der Waals surface area contributed by atoms with Crippen LogP contribution in [0.25, 0.3) is 0 Å². The Balaban J connectivity index is 1.52. The summed E-state index contributed by atoms with van der Waals surface area (Å²) in [5.41, 5.74) is 10.1. The van der Waals surface area contributed by atoms with Gasteiger partial charge in [0.05, 0.1) is 11.6 Å². The number of oxime groups is 1. The number of aldehydes is 1. The Morgan fingerprint density at radius 2 is 2.20 bits per heavy atom. The zero-order chi connectivity index (χ0) is 32.9. The molecule has 1 aromatic heterocycles. The van der Waals surface area contributed by atoms with Gasteiger partial charge in [-0.25, -0.2) is 4.98 Å². The molecule has 2 aromatic rings. The van der Waals surface area contributed by atoms with Crippen molar-refractivity contribution in [2.45, 2.75) is 63.0 Å². The number of aliphatic hydroxyl groups excluding tert-OH is 1. The van der Waals surface area contributed by atoms with Crippen molar-refractivity contribution in [2.24, 2.45) is 15.9 Å². The number of amidine groups is 1. The number of nitrogens with two attached hydrogens (primary N) is 2. The lowest BCUT2D eigenvalue weighted by molar-refractivity contribution is -0.214. The van der Waals surface area contributed by atoms with Gasteiger partial charge in [0.25, 0.3) is 11.8 Å². The Kier molecular flexibility index (Phi) is 10.7. The fourth-order valence-corrected chi connectivity index (χ4v) is 5.69. The lowest BCUT2D eigenvalue weighted by atomic mass is 9.84. The van der Waals surface area contributed by atoms with Crippen molar-refractivity contribution >= 4 is 58.4 Å². The molecular formula is C27H36N8O8S2. The number of fused-ring (bicyclic) bond motifs is 1. The molecule has 244 valence electrons. The molecule has 45 heavy (non-hydrogen) atoms. The number of β-lactam (4-membered cyclic amide) rings is 1. The van der Waals surface area contributed by atoms with E-state index in [0.717, 1.165) is 27.5 Å². The van der Waals surface area contributed by atoms with E-state index in [1.807, 2.05) is 6.07 Å². The summed E-state index contributed by atoms with van der Waals surface area (Å²) in [6.45, 7) is 5.12. The molecule has 0 aliphatic carbocycles. The fraction of sp³-hybridized carbons (Fsp3) is 0.481. The van der Waals surface area contributed by atoms with E-state index in [9.17, 15) is 19.5 Å². The van der Waals surface area contributed by atoms with Gasteiger partial charge in [0.2, 0.25) is 5.60 Å². The van der Waals surface area contributed by atoms with Crippen LogP contribution in [-0.2, 0) is 29.9 Å². The van der Waals surface area contributed by atoms with E-state index in [1.54, 1.807) is 33.0 Å². The van der Waals surface area contributed by atoms with Crippen molar-refractivity contribution in [1.29, 1.82) is 0 Å². The number of nitrogens with zero attached hydrogens (tertiary/aromatic N) is 4. The third kappa shape index (κ3) is 7.21. The van der Waals surface area contributed by atoms with Crippen LogP contribution in [-0.4, -0.2) is 98.9 Å². The maximum Gasteiger partial charge on any atom is 0.276 e. The van der Waals surface area contributed by atoms with Gasteiger partial charge in [-0.05, 0) is 57.4 Å². The number of amides is 2. The van der Waals surface area contributed by atoms with Crippen molar-refractivity contribution < 1.29 is 37.9 Å². The molecule has 4 rings (SSSR count). The Morgan fingerprint density at radius 1 is 1.44 bits per heavy atom. The van der Waals surface area contributed by atoms with E-state index in [4.69, 9.17) is 29.9 Å². The number of aliphatic hydroxyl groups is 1. The highest BCUT2D eigenvalue weighted by Gasteiger charge is 2.57. The largest absolute Gasteiger partial charge is 0.485 e. The first-order chi connectivity index (χ1) is 21.4. The number of hydroxylamine groups is 2. The summed E-state index contributed by atoms with van der Waals surface area (Å²) >= 11 is 1.07. The van der Waals surface area contributed by atoms with Gasteiger partial charge < -0.3 is 41.3 Å². The number of hydrogen-bond acceptors (Lipinski definition) is 15. The minimum atomic E-state index is -1.62. The van der Waals surface area contributed by atoms with Crippen LogP contribution in [0.5, 0.6) is 5.75 Å². The normalized spacial score (nSPS) is 21.5. The number of ether oxygens (including phenoxy) is 1. The predicted octanol–water partition coefficient (Wildman–Crippen LogP) is 0.241. The molecule has 4 atom stereocenters. The average Bonchev–Trinajstić information content (AvgIpc) is 3.47. The topological polar surface area (TPSA) is 236 Å². The molecule has 0 radical (unpaired) electrons. The second kappa shape index (κ2) is 14.1. The number of carbonyl (C=O) groups is 3. The van der Waals surface area contributed by atoms with Gasteiger partial charge in [-0.3, -0.25) is 19.4 Å². The fourth-order valence-electron chi connectivity index (χ4n) is 4.81. The van der Waals surface area contributed by atoms with E-state index in [1.165, 1.54) is 12.3 Å². The van der Waals surface area contributed by atoms with Crippen LogP contribution in [0.3, 0.4) is 0 Å². The smallest absolute Gasteiger partial charge is 0.276 e. The second-order valence-corrected chi connectivity index (χ2v) is 12.2. The SMILES string of the molecule is CN=C(NCC(O)CN)c1ccc2c(c1)CCC(C(C)(C=O)O/N=C(\C(=O)NC1C(=O)N(OSO)C1(C)C)c1csc(N)n1)O2. The minimum Gasteiger partial charge on any atom is -0.485 e. The summed E-state index contributed by atoms with van der Waals surface area (Å²) in [5, 5.41) is 22.1. The van der Waals surface area contributed by atoms with Crippen molar-refractivity contribution in [2.75, 3.05) is 25.9 Å². The molecule has 1 saturated heterocycles. The van der Waals surface area contributed by atoms with Crippen LogP contribution < -0.4 is 26.8 Å². The van der Waals surface area contributed by atoms with Crippen molar-refractivity contribution in [3.8, 4) is 5.75 Å². The van der Waals surface area contributed by atoms with Gasteiger partial charge in [-0.2, -0.15) is 9.35 Å². The van der Waals surface area contributed by atoms with Gasteiger partial charge >= 0.3 is 0 Å². The Hall–Kier alpha value is -3.81. The van der Waals surface area contributed by atoms with E-state index < -0.39 is 41.2 Å². The molecule has 2 amide bonds. The number of rotatable bonds is 13. The zero-order valence-electron chi connectivity index (χ0n) is 25.1. The summed E-state index contributed by atoms with van der Waals surface area (Å²) in [5.74, 6) is -0.281. The zero-order valence-corrected chi connectivity index (χ0v) is 26.7. The summed E-state index contributed by atoms with van der Waals surface area (Å²) in [6, 6.07) is 4.45. The number of anilines is 1. The van der Waals surface area contributed by atoms with E-state index in [-0.39, 0.29) is 42.0 Å². The highest BCUT2D eigenvalue weighted by Crippen LogP contribution is 2.35. The molecular weight excluding hydrogens is 628 g/mol. The minimum absolute atomic E-state index is 0.00841. The van der Waals surface area contributed by atoms with Gasteiger partial charge in [0.1, 0.15) is 29.4 Å². The molecule has 1 aromatic carbocycles. The highest BCUT2D eigenvalue weighted by molar-refractivity contribution is 7.88. The Labute approximate surface area is 267 Å². The van der Waals surface area contributed by atoms with Crippen LogP contribution in [0.15, 0.2) is 33.7 Å². The average molecular weight is 665 g/mol. The maximum atomic E-state index is 13.4. The summed E-state index contributed by atoms with van der Waals surface area (Å²) < 4.78 is 20.0. The molecule has 16 nitrogen and oxygen atoms in total. The van der Waals surface area contributed by atoms with Gasteiger partial charge in [-0.1, -0.05) is 5.16 Å². The molecule has 1 fully saturated rings. The number of nitrogen functional groups attached to an aromatic ring is 1. The Bertz CT molecular complexity index is 1480. The van der Waals surface area contributed by atoms with Crippen molar-refractivity contribution in [3.63, 3.8) is 0 Å². The molecule has 0 spiro atoms.